The maximum Gasteiger partial charge on any atom is 0.250 e. The van der Waals surface area contributed by atoms with Crippen LogP contribution in [0.25, 0.3) is 0 Å². The second kappa shape index (κ2) is 6.80. The standard InChI is InChI=1S/C10H21N3O3/c1-13-3-4-16-8(7-13)6-12-10(14)9(5-11)15-2/h8-9H,3-7,11H2,1-2H3,(H,12,14). The zero-order chi connectivity index (χ0) is 12.0. The monoisotopic (exact) mass is 231 g/mol. The first-order chi connectivity index (χ1) is 7.67. The van der Waals surface area contributed by atoms with E-state index in [4.69, 9.17) is 15.2 Å². The van der Waals surface area contributed by atoms with Gasteiger partial charge in [-0.25, -0.2) is 0 Å². The fourth-order valence-electron chi connectivity index (χ4n) is 1.63. The molecule has 2 atom stereocenters. The number of carbonyl (C=O) groups excluding carboxylic acids is 1. The Hall–Kier alpha value is -0.690. The molecule has 1 aliphatic heterocycles. The van der Waals surface area contributed by atoms with Crippen LogP contribution >= 0.6 is 0 Å². The summed E-state index contributed by atoms with van der Waals surface area (Å²) in [6, 6.07) is 0. The largest absolute Gasteiger partial charge is 0.374 e. The average Bonchev–Trinajstić information content (AvgIpc) is 2.28. The van der Waals surface area contributed by atoms with E-state index in [9.17, 15) is 4.79 Å². The molecule has 1 aliphatic rings. The van der Waals surface area contributed by atoms with Crippen molar-refractivity contribution in [3.05, 3.63) is 0 Å². The number of hydrogen-bond donors (Lipinski definition) is 2. The fourth-order valence-corrected chi connectivity index (χ4v) is 1.63. The van der Waals surface area contributed by atoms with Crippen LogP contribution in [0.1, 0.15) is 0 Å². The maximum atomic E-state index is 11.5. The summed E-state index contributed by atoms with van der Waals surface area (Å²) in [7, 11) is 3.51. The molecule has 1 saturated heterocycles. The average molecular weight is 231 g/mol. The molecular weight excluding hydrogens is 210 g/mol. The van der Waals surface area contributed by atoms with Gasteiger partial charge in [-0.2, -0.15) is 0 Å². The molecule has 0 saturated carbocycles. The van der Waals surface area contributed by atoms with Crippen molar-refractivity contribution in [1.29, 1.82) is 0 Å². The number of methoxy groups -OCH3 is 1. The number of nitrogens with one attached hydrogen (secondary N) is 1. The molecule has 6 nitrogen and oxygen atoms in total. The van der Waals surface area contributed by atoms with Gasteiger partial charge >= 0.3 is 0 Å². The van der Waals surface area contributed by atoms with Gasteiger partial charge in [-0.15, -0.1) is 0 Å². The number of hydrogen-bond acceptors (Lipinski definition) is 5. The number of carbonyl (C=O) groups is 1. The highest BCUT2D eigenvalue weighted by Gasteiger charge is 2.20. The van der Waals surface area contributed by atoms with Crippen LogP contribution < -0.4 is 11.1 Å². The van der Waals surface area contributed by atoms with Crippen LogP contribution in [0.5, 0.6) is 0 Å². The van der Waals surface area contributed by atoms with Gasteiger partial charge in [-0.3, -0.25) is 4.79 Å². The second-order valence-electron chi connectivity index (χ2n) is 3.96. The van der Waals surface area contributed by atoms with Crippen LogP contribution in [-0.2, 0) is 14.3 Å². The number of morpholine rings is 1. The van der Waals surface area contributed by atoms with Crippen LogP contribution in [0.2, 0.25) is 0 Å². The minimum absolute atomic E-state index is 0.0537. The normalized spacial score (nSPS) is 24.1. The van der Waals surface area contributed by atoms with E-state index in [1.807, 2.05) is 7.05 Å². The number of nitrogens with two attached hydrogens (primary N) is 1. The van der Waals surface area contributed by atoms with Crippen molar-refractivity contribution in [3.8, 4) is 0 Å². The van der Waals surface area contributed by atoms with Gasteiger partial charge < -0.3 is 25.4 Å². The van der Waals surface area contributed by atoms with Gasteiger partial charge in [0, 0.05) is 33.3 Å². The van der Waals surface area contributed by atoms with Crippen molar-refractivity contribution in [3.63, 3.8) is 0 Å². The Morgan fingerprint density at radius 3 is 3.06 bits per heavy atom. The summed E-state index contributed by atoms with van der Waals surface area (Å²) >= 11 is 0. The van der Waals surface area contributed by atoms with Gasteiger partial charge in [0.15, 0.2) is 0 Å². The topological polar surface area (TPSA) is 76.8 Å². The van der Waals surface area contributed by atoms with Crippen LogP contribution in [0.15, 0.2) is 0 Å². The van der Waals surface area contributed by atoms with Crippen LogP contribution in [0.4, 0.5) is 0 Å². The highest BCUT2D eigenvalue weighted by atomic mass is 16.5. The predicted octanol–water partition coefficient (Wildman–Crippen LogP) is -1.59. The van der Waals surface area contributed by atoms with Crippen molar-refractivity contribution in [1.82, 2.24) is 10.2 Å². The van der Waals surface area contributed by atoms with Gasteiger partial charge in [0.25, 0.3) is 5.91 Å². The lowest BCUT2D eigenvalue weighted by molar-refractivity contribution is -0.131. The lowest BCUT2D eigenvalue weighted by Crippen LogP contribution is -2.48. The molecule has 6 heteroatoms. The number of rotatable bonds is 5. The van der Waals surface area contributed by atoms with Gasteiger partial charge in [-0.05, 0) is 7.05 Å². The molecule has 1 fully saturated rings. The number of nitrogens with zero attached hydrogens (tertiary/aromatic N) is 1. The van der Waals surface area contributed by atoms with Crippen LogP contribution in [0, 0.1) is 0 Å². The molecule has 1 rings (SSSR count). The molecule has 16 heavy (non-hydrogen) atoms. The molecule has 1 amide bonds. The third kappa shape index (κ3) is 4.05. The van der Waals surface area contributed by atoms with E-state index >= 15 is 0 Å². The van der Waals surface area contributed by atoms with Gasteiger partial charge in [0.2, 0.25) is 0 Å². The summed E-state index contributed by atoms with van der Waals surface area (Å²) < 4.78 is 10.5. The third-order valence-corrected chi connectivity index (χ3v) is 2.64. The zero-order valence-corrected chi connectivity index (χ0v) is 9.94. The van der Waals surface area contributed by atoms with Crippen LogP contribution in [-0.4, -0.2) is 70.0 Å². The highest BCUT2D eigenvalue weighted by molar-refractivity contribution is 5.81. The number of likely N-dealkylation sites (N-methyl/N-ethyl adjacent to an activating group) is 1. The minimum atomic E-state index is -0.568. The number of ether oxygens (including phenoxy) is 2. The van der Waals surface area contributed by atoms with Crippen molar-refractivity contribution < 1.29 is 14.3 Å². The number of amides is 1. The maximum absolute atomic E-state index is 11.5. The molecule has 0 aromatic rings. The van der Waals surface area contributed by atoms with Gasteiger partial charge in [0.1, 0.15) is 6.10 Å². The van der Waals surface area contributed by atoms with Gasteiger partial charge in [0.05, 0.1) is 12.7 Å². The summed E-state index contributed by atoms with van der Waals surface area (Å²) in [6.07, 6.45) is -0.515. The van der Waals surface area contributed by atoms with Gasteiger partial charge in [-0.1, -0.05) is 0 Å². The highest BCUT2D eigenvalue weighted by Crippen LogP contribution is 2.01. The lowest BCUT2D eigenvalue weighted by Gasteiger charge is -2.30. The summed E-state index contributed by atoms with van der Waals surface area (Å²) in [5.41, 5.74) is 5.39. The van der Waals surface area contributed by atoms with E-state index in [2.05, 4.69) is 10.2 Å². The van der Waals surface area contributed by atoms with E-state index in [0.29, 0.717) is 13.2 Å². The van der Waals surface area contributed by atoms with Crippen molar-refractivity contribution in [2.75, 3.05) is 46.9 Å². The smallest absolute Gasteiger partial charge is 0.250 e. The predicted molar refractivity (Wildman–Crippen MR) is 60.1 cm³/mol. The van der Waals surface area contributed by atoms with E-state index in [1.165, 1.54) is 7.11 Å². The lowest BCUT2D eigenvalue weighted by atomic mass is 10.2. The summed E-state index contributed by atoms with van der Waals surface area (Å²) in [6.45, 7) is 3.17. The molecule has 94 valence electrons. The first-order valence-corrected chi connectivity index (χ1v) is 5.48. The Morgan fingerprint density at radius 2 is 2.50 bits per heavy atom. The Labute approximate surface area is 96.1 Å². The Balaban J connectivity index is 2.25. The first kappa shape index (κ1) is 13.4. The van der Waals surface area contributed by atoms with Crippen LogP contribution in [0.3, 0.4) is 0 Å². The summed E-state index contributed by atoms with van der Waals surface area (Å²) in [5, 5.41) is 2.78. The molecule has 0 aliphatic carbocycles. The molecule has 0 bridgehead atoms. The summed E-state index contributed by atoms with van der Waals surface area (Å²) in [5.74, 6) is -0.179. The van der Waals surface area contributed by atoms with E-state index in [1.54, 1.807) is 0 Å². The molecule has 2 unspecified atom stereocenters. The Bertz CT molecular complexity index is 221. The summed E-state index contributed by atoms with van der Waals surface area (Å²) in [4.78, 5) is 13.7. The van der Waals surface area contributed by atoms with E-state index in [-0.39, 0.29) is 18.6 Å². The molecule has 1 heterocycles. The molecule has 3 N–H and O–H groups in total. The Morgan fingerprint density at radius 1 is 1.75 bits per heavy atom. The first-order valence-electron chi connectivity index (χ1n) is 5.48. The molecule has 0 radical (unpaired) electrons. The quantitative estimate of drug-likeness (QED) is 0.596. The molecule has 0 aromatic carbocycles. The third-order valence-electron chi connectivity index (χ3n) is 2.64. The molecule has 0 spiro atoms. The molecular formula is C10H21N3O3. The molecule has 0 aromatic heterocycles. The van der Waals surface area contributed by atoms with E-state index in [0.717, 1.165) is 13.1 Å². The SMILES string of the molecule is COC(CN)C(=O)NCC1CN(C)CCO1. The van der Waals surface area contributed by atoms with Crippen molar-refractivity contribution in [2.24, 2.45) is 5.73 Å². The zero-order valence-electron chi connectivity index (χ0n) is 9.94. The van der Waals surface area contributed by atoms with E-state index < -0.39 is 6.10 Å². The fraction of sp³-hybridized carbons (Fsp3) is 0.900. The second-order valence-corrected chi connectivity index (χ2v) is 3.96. The minimum Gasteiger partial charge on any atom is -0.374 e. The Kier molecular flexibility index (Phi) is 5.68. The van der Waals surface area contributed by atoms with Crippen molar-refractivity contribution >= 4 is 5.91 Å². The van der Waals surface area contributed by atoms with Crippen molar-refractivity contribution in [2.45, 2.75) is 12.2 Å².